The second kappa shape index (κ2) is 7.86. The molecule has 1 aromatic carbocycles. The summed E-state index contributed by atoms with van der Waals surface area (Å²) in [5.41, 5.74) is 0.479. The summed E-state index contributed by atoms with van der Waals surface area (Å²) in [6.07, 6.45) is 1.59. The van der Waals surface area contributed by atoms with Crippen LogP contribution in [0.1, 0.15) is 31.1 Å². The molecule has 0 aliphatic heterocycles. The number of benzene rings is 1. The standard InChI is InChI=1S/C19H20FN3O2S/c1-12(2)11-23-18(16-5-4-10-25-16)21-22-19(23)26-13(3)17(24)14-6-8-15(20)9-7-14/h4-10,12-13H,11H2,1-3H3. The van der Waals surface area contributed by atoms with E-state index in [2.05, 4.69) is 24.0 Å². The lowest BCUT2D eigenvalue weighted by molar-refractivity contribution is 0.0994. The molecule has 0 aliphatic carbocycles. The third-order valence-corrected chi connectivity index (χ3v) is 4.87. The van der Waals surface area contributed by atoms with Crippen LogP contribution in [0.25, 0.3) is 11.6 Å². The van der Waals surface area contributed by atoms with Gasteiger partial charge >= 0.3 is 0 Å². The number of furan rings is 1. The van der Waals surface area contributed by atoms with Crippen LogP contribution < -0.4 is 0 Å². The van der Waals surface area contributed by atoms with Gasteiger partial charge in [-0.3, -0.25) is 9.36 Å². The van der Waals surface area contributed by atoms with Gasteiger partial charge in [-0.1, -0.05) is 25.6 Å². The Bertz CT molecular complexity index is 873. The quantitative estimate of drug-likeness (QED) is 0.444. The minimum atomic E-state index is -0.375. The second-order valence-electron chi connectivity index (χ2n) is 6.42. The number of hydrogen-bond acceptors (Lipinski definition) is 5. The van der Waals surface area contributed by atoms with E-state index in [1.54, 1.807) is 12.3 Å². The van der Waals surface area contributed by atoms with E-state index >= 15 is 0 Å². The summed E-state index contributed by atoms with van der Waals surface area (Å²) in [6, 6.07) is 9.23. The molecule has 0 amide bonds. The van der Waals surface area contributed by atoms with Gasteiger partial charge in [0.15, 0.2) is 22.5 Å². The van der Waals surface area contributed by atoms with E-state index in [9.17, 15) is 9.18 Å². The number of ketones is 1. The molecule has 2 aromatic heterocycles. The zero-order valence-electron chi connectivity index (χ0n) is 14.8. The summed E-state index contributed by atoms with van der Waals surface area (Å²) >= 11 is 1.34. The first-order valence-corrected chi connectivity index (χ1v) is 9.27. The molecule has 2 heterocycles. The monoisotopic (exact) mass is 373 g/mol. The lowest BCUT2D eigenvalue weighted by Crippen LogP contribution is -2.15. The molecule has 1 unspecified atom stereocenters. The lowest BCUT2D eigenvalue weighted by Gasteiger charge is -2.14. The molecule has 7 heteroatoms. The van der Waals surface area contributed by atoms with Crippen molar-refractivity contribution in [1.82, 2.24) is 14.8 Å². The van der Waals surface area contributed by atoms with Crippen molar-refractivity contribution in [3.05, 3.63) is 54.0 Å². The second-order valence-corrected chi connectivity index (χ2v) is 7.73. The minimum absolute atomic E-state index is 0.0753. The molecule has 26 heavy (non-hydrogen) atoms. The van der Waals surface area contributed by atoms with Gasteiger partial charge in [-0.2, -0.15) is 0 Å². The van der Waals surface area contributed by atoms with Crippen LogP contribution in [0.2, 0.25) is 0 Å². The molecule has 0 saturated carbocycles. The van der Waals surface area contributed by atoms with E-state index in [1.807, 2.05) is 17.6 Å². The van der Waals surface area contributed by atoms with Gasteiger partial charge in [0.2, 0.25) is 0 Å². The third kappa shape index (κ3) is 4.04. The number of hydrogen-bond donors (Lipinski definition) is 0. The SMILES string of the molecule is CC(C)Cn1c(SC(C)C(=O)c2ccc(F)cc2)nnc1-c1ccco1. The molecule has 0 N–H and O–H groups in total. The van der Waals surface area contributed by atoms with E-state index in [0.29, 0.717) is 34.8 Å². The van der Waals surface area contributed by atoms with Crippen LogP contribution in [0.15, 0.2) is 52.2 Å². The topological polar surface area (TPSA) is 60.9 Å². The predicted octanol–water partition coefficient (Wildman–Crippen LogP) is 4.70. The first kappa shape index (κ1) is 18.4. The van der Waals surface area contributed by atoms with Crippen molar-refractivity contribution in [1.29, 1.82) is 0 Å². The maximum atomic E-state index is 13.1. The van der Waals surface area contributed by atoms with Crippen LogP contribution in [-0.2, 0) is 6.54 Å². The molecule has 0 fully saturated rings. The predicted molar refractivity (Wildman–Crippen MR) is 98.6 cm³/mol. The van der Waals surface area contributed by atoms with Crippen molar-refractivity contribution in [2.45, 2.75) is 37.7 Å². The summed E-state index contributed by atoms with van der Waals surface area (Å²) in [7, 11) is 0. The highest BCUT2D eigenvalue weighted by molar-refractivity contribution is 8.00. The molecule has 0 bridgehead atoms. The summed E-state index contributed by atoms with van der Waals surface area (Å²) in [4.78, 5) is 12.6. The van der Waals surface area contributed by atoms with Gasteiger partial charge in [0.25, 0.3) is 0 Å². The number of thioether (sulfide) groups is 1. The fourth-order valence-electron chi connectivity index (χ4n) is 2.55. The van der Waals surface area contributed by atoms with Crippen LogP contribution in [-0.4, -0.2) is 25.8 Å². The zero-order valence-corrected chi connectivity index (χ0v) is 15.7. The van der Waals surface area contributed by atoms with Crippen molar-refractivity contribution < 1.29 is 13.6 Å². The zero-order chi connectivity index (χ0) is 18.7. The Morgan fingerprint density at radius 1 is 1.19 bits per heavy atom. The number of halogens is 1. The number of aromatic nitrogens is 3. The van der Waals surface area contributed by atoms with Gasteiger partial charge in [0.05, 0.1) is 11.5 Å². The lowest BCUT2D eigenvalue weighted by atomic mass is 10.1. The van der Waals surface area contributed by atoms with Gasteiger partial charge in [0, 0.05) is 12.1 Å². The molecule has 0 aliphatic rings. The number of nitrogens with zero attached hydrogens (tertiary/aromatic N) is 3. The van der Waals surface area contributed by atoms with Crippen molar-refractivity contribution in [3.8, 4) is 11.6 Å². The Balaban J connectivity index is 1.84. The van der Waals surface area contributed by atoms with Crippen LogP contribution in [0.4, 0.5) is 4.39 Å². The number of carbonyl (C=O) groups is 1. The fourth-order valence-corrected chi connectivity index (χ4v) is 3.49. The first-order valence-electron chi connectivity index (χ1n) is 8.39. The third-order valence-electron chi connectivity index (χ3n) is 3.79. The average molecular weight is 373 g/mol. The van der Waals surface area contributed by atoms with Gasteiger partial charge in [-0.15, -0.1) is 10.2 Å². The fraction of sp³-hybridized carbons (Fsp3) is 0.316. The Hall–Kier alpha value is -2.41. The summed E-state index contributed by atoms with van der Waals surface area (Å²) in [5.74, 6) is 1.23. The molecule has 0 saturated heterocycles. The van der Waals surface area contributed by atoms with Gasteiger partial charge in [-0.25, -0.2) is 4.39 Å². The van der Waals surface area contributed by atoms with E-state index in [1.165, 1.54) is 36.0 Å². The Kier molecular flexibility index (Phi) is 5.56. The molecule has 0 radical (unpaired) electrons. The Morgan fingerprint density at radius 2 is 1.92 bits per heavy atom. The normalized spacial score (nSPS) is 12.5. The smallest absolute Gasteiger partial charge is 0.200 e. The molecule has 5 nitrogen and oxygen atoms in total. The average Bonchev–Trinajstić information content (AvgIpc) is 3.25. The molecular weight excluding hydrogens is 353 g/mol. The highest BCUT2D eigenvalue weighted by atomic mass is 32.2. The number of rotatable bonds is 7. The van der Waals surface area contributed by atoms with Crippen LogP contribution in [0, 0.1) is 11.7 Å². The van der Waals surface area contributed by atoms with Crippen molar-refractivity contribution >= 4 is 17.5 Å². The summed E-state index contributed by atoms with van der Waals surface area (Å²) in [5, 5.41) is 8.79. The van der Waals surface area contributed by atoms with E-state index in [-0.39, 0.29) is 16.9 Å². The highest BCUT2D eigenvalue weighted by Crippen LogP contribution is 2.29. The van der Waals surface area contributed by atoms with Crippen molar-refractivity contribution in [3.63, 3.8) is 0 Å². The van der Waals surface area contributed by atoms with E-state index < -0.39 is 0 Å². The van der Waals surface area contributed by atoms with Gasteiger partial charge < -0.3 is 4.42 Å². The van der Waals surface area contributed by atoms with Crippen LogP contribution >= 0.6 is 11.8 Å². The number of carbonyl (C=O) groups excluding carboxylic acids is 1. The molecular formula is C19H20FN3O2S. The van der Waals surface area contributed by atoms with E-state index in [0.717, 1.165) is 0 Å². The van der Waals surface area contributed by atoms with Gasteiger partial charge in [0.1, 0.15) is 5.82 Å². The summed E-state index contributed by atoms with van der Waals surface area (Å²) < 4.78 is 20.5. The van der Waals surface area contributed by atoms with Crippen LogP contribution in [0.3, 0.4) is 0 Å². The summed E-state index contributed by atoms with van der Waals surface area (Å²) in [6.45, 7) is 6.74. The van der Waals surface area contributed by atoms with Gasteiger partial charge in [-0.05, 0) is 49.2 Å². The van der Waals surface area contributed by atoms with E-state index in [4.69, 9.17) is 4.42 Å². The largest absolute Gasteiger partial charge is 0.461 e. The maximum Gasteiger partial charge on any atom is 0.200 e. The maximum absolute atomic E-state index is 13.1. The first-order chi connectivity index (χ1) is 12.5. The van der Waals surface area contributed by atoms with Crippen molar-refractivity contribution in [2.75, 3.05) is 0 Å². The minimum Gasteiger partial charge on any atom is -0.461 e. The molecule has 3 rings (SSSR count). The molecule has 1 atom stereocenters. The Morgan fingerprint density at radius 3 is 2.54 bits per heavy atom. The molecule has 3 aromatic rings. The molecule has 0 spiro atoms. The molecule has 136 valence electrons. The van der Waals surface area contributed by atoms with Crippen LogP contribution in [0.5, 0.6) is 0 Å². The van der Waals surface area contributed by atoms with Crippen molar-refractivity contribution in [2.24, 2.45) is 5.92 Å². The Labute approximate surface area is 155 Å². The highest BCUT2D eigenvalue weighted by Gasteiger charge is 2.23. The number of Topliss-reactive ketones (excluding diaryl/α,β-unsaturated/α-hetero) is 1.